The summed E-state index contributed by atoms with van der Waals surface area (Å²) in [4.78, 5) is 28.7. The van der Waals surface area contributed by atoms with Gasteiger partial charge in [0, 0.05) is 10.9 Å². The first kappa shape index (κ1) is 19.6. The first-order valence-corrected chi connectivity index (χ1v) is 9.97. The van der Waals surface area contributed by atoms with E-state index in [9.17, 15) is 14.7 Å². The molecular weight excluding hydrogens is 402 g/mol. The second-order valence-electron chi connectivity index (χ2n) is 6.71. The molecule has 8 nitrogen and oxygen atoms in total. The SMILES string of the molecule is CC1=NN(c2nc(-c3ccc(C)cc3)cs2)C(=O)[C@@H]1N=Nc1ccccc1C(=O)O. The standard InChI is InChI=1S/C21H17N5O3S/c1-12-7-9-14(10-8-12)17-11-30-21(22-17)26-19(27)18(13(2)25-26)24-23-16-6-4-3-5-15(16)20(28)29/h3-11,18H,1-2H3,(H,28,29)/t18-/m1/s1. The van der Waals surface area contributed by atoms with Crippen molar-refractivity contribution in [2.24, 2.45) is 15.3 Å². The summed E-state index contributed by atoms with van der Waals surface area (Å²) in [6.07, 6.45) is 0. The van der Waals surface area contributed by atoms with Crippen LogP contribution in [-0.4, -0.2) is 33.7 Å². The second-order valence-corrected chi connectivity index (χ2v) is 7.55. The van der Waals surface area contributed by atoms with Crippen LogP contribution >= 0.6 is 11.3 Å². The molecule has 1 aromatic heterocycles. The van der Waals surface area contributed by atoms with Gasteiger partial charge < -0.3 is 5.11 Å². The van der Waals surface area contributed by atoms with Crippen LogP contribution in [0.5, 0.6) is 0 Å². The summed E-state index contributed by atoms with van der Waals surface area (Å²) in [5.74, 6) is -1.49. The van der Waals surface area contributed by atoms with Gasteiger partial charge in [-0.2, -0.15) is 20.3 Å². The Morgan fingerprint density at radius 2 is 1.87 bits per heavy atom. The van der Waals surface area contributed by atoms with E-state index in [0.29, 0.717) is 10.8 Å². The average molecular weight is 419 g/mol. The van der Waals surface area contributed by atoms with E-state index in [2.05, 4.69) is 20.3 Å². The van der Waals surface area contributed by atoms with Crippen LogP contribution in [0.1, 0.15) is 22.8 Å². The van der Waals surface area contributed by atoms with Gasteiger partial charge in [-0.15, -0.1) is 11.3 Å². The molecule has 2 aromatic carbocycles. The van der Waals surface area contributed by atoms with Crippen molar-refractivity contribution < 1.29 is 14.7 Å². The third-order valence-corrected chi connectivity index (χ3v) is 5.35. The number of carbonyl (C=O) groups excluding carboxylic acids is 1. The van der Waals surface area contributed by atoms with E-state index in [0.717, 1.165) is 16.8 Å². The van der Waals surface area contributed by atoms with Crippen LogP contribution < -0.4 is 5.01 Å². The van der Waals surface area contributed by atoms with Crippen molar-refractivity contribution in [3.63, 3.8) is 0 Å². The van der Waals surface area contributed by atoms with Gasteiger partial charge in [-0.3, -0.25) is 4.79 Å². The molecule has 1 amide bonds. The summed E-state index contributed by atoms with van der Waals surface area (Å²) in [6.45, 7) is 3.69. The monoisotopic (exact) mass is 419 g/mol. The fraction of sp³-hybridized carbons (Fsp3) is 0.143. The van der Waals surface area contributed by atoms with E-state index >= 15 is 0 Å². The Balaban J connectivity index is 1.56. The lowest BCUT2D eigenvalue weighted by Gasteiger charge is -2.08. The maximum atomic E-state index is 12.9. The van der Waals surface area contributed by atoms with Crippen molar-refractivity contribution in [2.45, 2.75) is 19.9 Å². The number of azo groups is 1. The molecule has 150 valence electrons. The number of nitrogens with zero attached hydrogens (tertiary/aromatic N) is 5. The van der Waals surface area contributed by atoms with Crippen LogP contribution in [0.25, 0.3) is 11.3 Å². The Kier molecular flexibility index (Phi) is 5.20. The molecule has 0 aliphatic carbocycles. The highest BCUT2D eigenvalue weighted by Crippen LogP contribution is 2.31. The van der Waals surface area contributed by atoms with Gasteiger partial charge in [-0.25, -0.2) is 9.78 Å². The van der Waals surface area contributed by atoms with E-state index in [1.54, 1.807) is 19.1 Å². The molecule has 0 unspecified atom stereocenters. The Labute approximate surface area is 176 Å². The Morgan fingerprint density at radius 1 is 1.13 bits per heavy atom. The minimum absolute atomic E-state index is 0.0146. The highest BCUT2D eigenvalue weighted by Gasteiger charge is 2.36. The number of carboxylic acid groups (broad SMARTS) is 1. The fourth-order valence-corrected chi connectivity index (χ4v) is 3.69. The van der Waals surface area contributed by atoms with Crippen LogP contribution in [0.4, 0.5) is 10.8 Å². The molecule has 9 heteroatoms. The Bertz CT molecular complexity index is 1180. The number of aryl methyl sites for hydroxylation is 1. The third kappa shape index (κ3) is 3.74. The number of hydrogen-bond acceptors (Lipinski definition) is 7. The first-order chi connectivity index (χ1) is 14.4. The topological polar surface area (TPSA) is 108 Å². The number of carboxylic acids is 1. The second kappa shape index (κ2) is 7.96. The van der Waals surface area contributed by atoms with Gasteiger partial charge in [0.05, 0.1) is 22.7 Å². The zero-order chi connectivity index (χ0) is 21.3. The quantitative estimate of drug-likeness (QED) is 0.605. The van der Waals surface area contributed by atoms with E-state index in [-0.39, 0.29) is 17.2 Å². The van der Waals surface area contributed by atoms with E-state index < -0.39 is 12.0 Å². The average Bonchev–Trinajstić information content (AvgIpc) is 3.32. The van der Waals surface area contributed by atoms with Crippen molar-refractivity contribution in [1.29, 1.82) is 0 Å². The Morgan fingerprint density at radius 3 is 2.60 bits per heavy atom. The summed E-state index contributed by atoms with van der Waals surface area (Å²) in [5.41, 5.74) is 3.53. The molecule has 30 heavy (non-hydrogen) atoms. The molecule has 0 fully saturated rings. The third-order valence-electron chi connectivity index (χ3n) is 4.53. The van der Waals surface area contributed by atoms with Crippen LogP contribution in [0, 0.1) is 6.92 Å². The summed E-state index contributed by atoms with van der Waals surface area (Å²) in [5, 5.41) is 25.2. The molecule has 0 spiro atoms. The minimum atomic E-state index is -1.11. The number of aromatic carboxylic acids is 1. The number of hydrogen-bond donors (Lipinski definition) is 1. The minimum Gasteiger partial charge on any atom is -0.478 e. The molecule has 3 aromatic rings. The van der Waals surface area contributed by atoms with Crippen molar-refractivity contribution in [2.75, 3.05) is 5.01 Å². The van der Waals surface area contributed by atoms with Gasteiger partial charge in [0.25, 0.3) is 5.91 Å². The lowest BCUT2D eigenvalue weighted by Crippen LogP contribution is -2.29. The summed E-state index contributed by atoms with van der Waals surface area (Å²) < 4.78 is 0. The predicted molar refractivity (Wildman–Crippen MR) is 115 cm³/mol. The molecule has 1 N–H and O–H groups in total. The van der Waals surface area contributed by atoms with Crippen molar-refractivity contribution in [1.82, 2.24) is 4.98 Å². The van der Waals surface area contributed by atoms with Crippen LogP contribution in [0.3, 0.4) is 0 Å². The van der Waals surface area contributed by atoms with Crippen LogP contribution in [0.15, 0.2) is 69.2 Å². The molecular formula is C21H17N5O3S. The van der Waals surface area contributed by atoms with Crippen molar-refractivity contribution in [3.8, 4) is 11.3 Å². The molecule has 1 atom stereocenters. The zero-order valence-corrected chi connectivity index (χ0v) is 17.0. The smallest absolute Gasteiger partial charge is 0.337 e. The van der Waals surface area contributed by atoms with Gasteiger partial charge in [-0.1, -0.05) is 42.0 Å². The van der Waals surface area contributed by atoms with Gasteiger partial charge in [0.1, 0.15) is 0 Å². The van der Waals surface area contributed by atoms with E-state index in [1.165, 1.54) is 28.5 Å². The van der Waals surface area contributed by atoms with Crippen molar-refractivity contribution >= 4 is 39.7 Å². The molecule has 0 radical (unpaired) electrons. The largest absolute Gasteiger partial charge is 0.478 e. The number of aromatic nitrogens is 1. The number of amides is 1. The number of thiazole rings is 1. The van der Waals surface area contributed by atoms with Gasteiger partial charge in [0.15, 0.2) is 6.04 Å². The van der Waals surface area contributed by atoms with E-state index in [1.807, 2.05) is 36.6 Å². The number of rotatable bonds is 5. The number of hydrazone groups is 1. The normalized spacial score (nSPS) is 16.3. The zero-order valence-electron chi connectivity index (χ0n) is 16.2. The van der Waals surface area contributed by atoms with E-state index in [4.69, 9.17) is 0 Å². The molecule has 4 rings (SSSR count). The molecule has 0 saturated heterocycles. The van der Waals surface area contributed by atoms with Crippen LogP contribution in [-0.2, 0) is 4.79 Å². The summed E-state index contributed by atoms with van der Waals surface area (Å²) in [6, 6.07) is 13.3. The predicted octanol–water partition coefficient (Wildman–Crippen LogP) is 4.69. The summed E-state index contributed by atoms with van der Waals surface area (Å²) >= 11 is 1.31. The number of anilines is 1. The lowest BCUT2D eigenvalue weighted by molar-refractivity contribution is -0.117. The van der Waals surface area contributed by atoms with Crippen LogP contribution in [0.2, 0.25) is 0 Å². The fourth-order valence-electron chi connectivity index (χ4n) is 2.91. The van der Waals surface area contributed by atoms with Gasteiger partial charge >= 0.3 is 5.97 Å². The van der Waals surface area contributed by atoms with Crippen molar-refractivity contribution in [3.05, 3.63) is 65.0 Å². The molecule has 0 saturated carbocycles. The van der Waals surface area contributed by atoms with Gasteiger partial charge in [0.2, 0.25) is 5.13 Å². The number of carbonyl (C=O) groups is 2. The highest BCUT2D eigenvalue weighted by atomic mass is 32.1. The summed E-state index contributed by atoms with van der Waals surface area (Å²) in [7, 11) is 0. The maximum Gasteiger partial charge on any atom is 0.337 e. The Hall–Kier alpha value is -3.72. The molecule has 2 heterocycles. The highest BCUT2D eigenvalue weighted by molar-refractivity contribution is 7.14. The number of benzene rings is 2. The lowest BCUT2D eigenvalue weighted by atomic mass is 10.1. The first-order valence-electron chi connectivity index (χ1n) is 9.09. The molecule has 1 aliphatic rings. The van der Waals surface area contributed by atoms with Gasteiger partial charge in [-0.05, 0) is 26.0 Å². The molecule has 1 aliphatic heterocycles. The molecule has 0 bridgehead atoms. The maximum absolute atomic E-state index is 12.9.